The largest absolute Gasteiger partial charge is 0.494 e. The molecule has 200 valence electrons. The third-order valence-electron chi connectivity index (χ3n) is 6.64. The molecule has 0 aliphatic carbocycles. The fourth-order valence-electron chi connectivity index (χ4n) is 4.41. The van der Waals surface area contributed by atoms with Gasteiger partial charge in [-0.05, 0) is 51.0 Å². The number of aliphatic hydroxyl groups is 1. The number of nitrogens with one attached hydrogen (secondary N) is 3. The van der Waals surface area contributed by atoms with Gasteiger partial charge in [0.15, 0.2) is 15.5 Å². The molecule has 0 bridgehead atoms. The van der Waals surface area contributed by atoms with Crippen LogP contribution in [0.2, 0.25) is 0 Å². The molecule has 0 spiro atoms. The molecule has 11 nitrogen and oxygen atoms in total. The molecule has 1 fully saturated rings. The van der Waals surface area contributed by atoms with Gasteiger partial charge in [0.05, 0.1) is 46.3 Å². The number of H-pyrrole nitrogens is 1. The number of ether oxygens (including phenoxy) is 1. The number of hydrogen-bond acceptors (Lipinski definition) is 10. The number of aliphatic hydroxyl groups excluding tert-OH is 1. The van der Waals surface area contributed by atoms with Crippen LogP contribution in [0.15, 0.2) is 53.6 Å². The van der Waals surface area contributed by atoms with Crippen LogP contribution in [0.5, 0.6) is 5.75 Å². The van der Waals surface area contributed by atoms with E-state index in [9.17, 15) is 13.5 Å². The van der Waals surface area contributed by atoms with Crippen molar-refractivity contribution in [2.24, 2.45) is 0 Å². The summed E-state index contributed by atoms with van der Waals surface area (Å²) < 4.78 is 31.6. The maximum Gasteiger partial charge on any atom is 0.231 e. The van der Waals surface area contributed by atoms with Gasteiger partial charge in [-0.25, -0.2) is 8.42 Å². The van der Waals surface area contributed by atoms with Crippen molar-refractivity contribution in [3.63, 3.8) is 0 Å². The monoisotopic (exact) mass is 537 g/mol. The van der Waals surface area contributed by atoms with Crippen LogP contribution < -0.4 is 20.3 Å². The topological polar surface area (TPSA) is 145 Å². The zero-order valence-electron chi connectivity index (χ0n) is 21.5. The quantitative estimate of drug-likeness (QED) is 0.260. The molecule has 0 amide bonds. The lowest BCUT2D eigenvalue weighted by Crippen LogP contribution is -2.35. The predicted molar refractivity (Wildman–Crippen MR) is 147 cm³/mol. The minimum absolute atomic E-state index is 0.197. The molecule has 3 heterocycles. The van der Waals surface area contributed by atoms with E-state index < -0.39 is 15.1 Å². The van der Waals surface area contributed by atoms with Gasteiger partial charge in [0.25, 0.3) is 0 Å². The number of anilines is 5. The molecule has 5 rings (SSSR count). The van der Waals surface area contributed by atoms with Gasteiger partial charge >= 0.3 is 0 Å². The van der Waals surface area contributed by atoms with Crippen molar-refractivity contribution in [2.45, 2.75) is 42.9 Å². The Bertz CT molecular complexity index is 1550. The number of fused-ring (bicyclic) bond motifs is 1. The van der Waals surface area contributed by atoms with Crippen LogP contribution in [0.25, 0.3) is 11.0 Å². The predicted octanol–water partition coefficient (Wildman–Crippen LogP) is 3.99. The first-order valence-electron chi connectivity index (χ1n) is 12.5. The minimum Gasteiger partial charge on any atom is -0.494 e. The van der Waals surface area contributed by atoms with E-state index in [1.165, 1.54) is 0 Å². The van der Waals surface area contributed by atoms with E-state index in [1.807, 2.05) is 18.2 Å². The fraction of sp³-hybridized carbons (Fsp3) is 0.346. The van der Waals surface area contributed by atoms with Crippen molar-refractivity contribution in [1.29, 1.82) is 0 Å². The number of piperidine rings is 1. The first-order chi connectivity index (χ1) is 18.3. The minimum atomic E-state index is -3.53. The highest BCUT2D eigenvalue weighted by molar-refractivity contribution is 7.92. The number of para-hydroxylation sites is 1. The molecule has 1 aliphatic rings. The Labute approximate surface area is 221 Å². The Hall–Kier alpha value is -3.90. The van der Waals surface area contributed by atoms with Crippen molar-refractivity contribution in [3.8, 4) is 5.75 Å². The molecule has 0 unspecified atom stereocenters. The molecule has 4 aromatic rings. The number of aromatic nitrogens is 4. The average molecular weight is 538 g/mol. The third kappa shape index (κ3) is 5.09. The second-order valence-electron chi connectivity index (χ2n) is 9.47. The fourth-order valence-corrected chi connectivity index (χ4v) is 5.61. The number of aromatic amines is 1. The smallest absolute Gasteiger partial charge is 0.231 e. The summed E-state index contributed by atoms with van der Waals surface area (Å²) in [4.78, 5) is 11.6. The van der Waals surface area contributed by atoms with E-state index in [0.29, 0.717) is 34.0 Å². The molecular weight excluding hydrogens is 506 g/mol. The molecule has 2 aromatic heterocycles. The average Bonchev–Trinajstić information content (AvgIpc) is 3.39. The van der Waals surface area contributed by atoms with Crippen LogP contribution in [0, 0.1) is 0 Å². The lowest BCUT2D eigenvalue weighted by atomic mass is 10.1. The van der Waals surface area contributed by atoms with Crippen LogP contribution in [0.1, 0.15) is 26.7 Å². The Morgan fingerprint density at radius 2 is 1.84 bits per heavy atom. The van der Waals surface area contributed by atoms with E-state index in [4.69, 9.17) is 4.74 Å². The van der Waals surface area contributed by atoms with E-state index in [0.717, 1.165) is 31.6 Å². The standard InChI is InChI=1S/C26H31N7O4S/c1-16(2)38(35,36)23-7-5-4-6-21(23)28-24-19-15-27-32-25(19)31-26(30-24)29-20-9-8-17(14-22(20)37-3)33-12-10-18(34)11-13-33/h4-9,14-16,18,34H,10-13H2,1-3H3,(H3,27,28,29,30,31,32). The number of methoxy groups -OCH3 is 1. The first kappa shape index (κ1) is 25.7. The maximum atomic E-state index is 13.0. The normalized spacial score (nSPS) is 14.7. The zero-order valence-corrected chi connectivity index (χ0v) is 22.3. The van der Waals surface area contributed by atoms with Crippen molar-refractivity contribution in [2.75, 3.05) is 35.7 Å². The van der Waals surface area contributed by atoms with Crippen LogP contribution in [0.4, 0.5) is 28.8 Å². The molecule has 0 saturated carbocycles. The molecule has 38 heavy (non-hydrogen) atoms. The van der Waals surface area contributed by atoms with Gasteiger partial charge < -0.3 is 25.4 Å². The summed E-state index contributed by atoms with van der Waals surface area (Å²) in [6, 6.07) is 12.6. The van der Waals surface area contributed by atoms with Crippen LogP contribution in [0.3, 0.4) is 0 Å². The lowest BCUT2D eigenvalue weighted by Gasteiger charge is -2.31. The Morgan fingerprint density at radius 1 is 1.08 bits per heavy atom. The summed E-state index contributed by atoms with van der Waals surface area (Å²) in [5.41, 5.74) is 2.58. The lowest BCUT2D eigenvalue weighted by molar-refractivity contribution is 0.145. The van der Waals surface area contributed by atoms with Gasteiger partial charge in [-0.15, -0.1) is 0 Å². The second-order valence-corrected chi connectivity index (χ2v) is 11.9. The van der Waals surface area contributed by atoms with E-state index in [1.54, 1.807) is 51.4 Å². The molecule has 1 aliphatic heterocycles. The number of rotatable bonds is 8. The van der Waals surface area contributed by atoms with Crippen LogP contribution in [-0.2, 0) is 9.84 Å². The summed E-state index contributed by atoms with van der Waals surface area (Å²) in [5, 5.41) is 23.2. The molecule has 0 atom stereocenters. The highest BCUT2D eigenvalue weighted by Crippen LogP contribution is 2.34. The van der Waals surface area contributed by atoms with Crippen molar-refractivity contribution in [1.82, 2.24) is 20.2 Å². The number of hydrogen-bond donors (Lipinski definition) is 4. The molecule has 4 N–H and O–H groups in total. The van der Waals surface area contributed by atoms with Gasteiger partial charge in [-0.2, -0.15) is 15.1 Å². The number of benzene rings is 2. The van der Waals surface area contributed by atoms with E-state index in [2.05, 4.69) is 35.7 Å². The van der Waals surface area contributed by atoms with Crippen molar-refractivity contribution >= 4 is 49.7 Å². The molecule has 1 saturated heterocycles. The van der Waals surface area contributed by atoms with Crippen LogP contribution in [-0.4, -0.2) is 65.2 Å². The van der Waals surface area contributed by atoms with Crippen molar-refractivity contribution < 1.29 is 18.3 Å². The highest BCUT2D eigenvalue weighted by Gasteiger charge is 2.24. The third-order valence-corrected chi connectivity index (χ3v) is 8.85. The van der Waals surface area contributed by atoms with E-state index >= 15 is 0 Å². The number of sulfone groups is 1. The summed E-state index contributed by atoms with van der Waals surface area (Å²) >= 11 is 0. The summed E-state index contributed by atoms with van der Waals surface area (Å²) in [6.07, 6.45) is 2.81. The maximum absolute atomic E-state index is 13.0. The van der Waals surface area contributed by atoms with Gasteiger partial charge in [0.1, 0.15) is 11.6 Å². The second kappa shape index (κ2) is 10.5. The number of nitrogens with zero attached hydrogens (tertiary/aromatic N) is 4. The van der Waals surface area contributed by atoms with Crippen LogP contribution >= 0.6 is 0 Å². The van der Waals surface area contributed by atoms with Gasteiger partial charge in [0, 0.05) is 24.8 Å². The Kier molecular flexibility index (Phi) is 7.09. The van der Waals surface area contributed by atoms with Crippen molar-refractivity contribution in [3.05, 3.63) is 48.7 Å². The summed E-state index contributed by atoms with van der Waals surface area (Å²) in [7, 11) is -1.93. The van der Waals surface area contributed by atoms with Gasteiger partial charge in [-0.3, -0.25) is 5.10 Å². The van der Waals surface area contributed by atoms with Gasteiger partial charge in [0.2, 0.25) is 5.95 Å². The summed E-state index contributed by atoms with van der Waals surface area (Å²) in [6.45, 7) is 4.86. The first-order valence-corrected chi connectivity index (χ1v) is 14.0. The molecule has 12 heteroatoms. The summed E-state index contributed by atoms with van der Waals surface area (Å²) in [5.74, 6) is 1.30. The molecule has 2 aromatic carbocycles. The van der Waals surface area contributed by atoms with E-state index in [-0.39, 0.29) is 16.9 Å². The highest BCUT2D eigenvalue weighted by atomic mass is 32.2. The zero-order chi connectivity index (χ0) is 26.9. The molecule has 0 radical (unpaired) electrons. The van der Waals surface area contributed by atoms with Gasteiger partial charge in [-0.1, -0.05) is 12.1 Å². The Balaban J connectivity index is 1.46. The SMILES string of the molecule is COc1cc(N2CCC(O)CC2)ccc1Nc1nc(Nc2ccccc2S(=O)(=O)C(C)C)c2cn[nH]c2n1. The Morgan fingerprint density at radius 3 is 2.58 bits per heavy atom. The molecular formula is C26H31N7O4S.